The lowest BCUT2D eigenvalue weighted by Crippen LogP contribution is -2.36. The lowest BCUT2D eigenvalue weighted by atomic mass is 9.99. The van der Waals surface area contributed by atoms with E-state index in [1.54, 1.807) is 6.07 Å². The van der Waals surface area contributed by atoms with E-state index in [0.717, 1.165) is 75.6 Å². The minimum atomic E-state index is -4.51. The van der Waals surface area contributed by atoms with Crippen molar-refractivity contribution in [2.45, 2.75) is 95.9 Å². The molecule has 3 rings (SSSR count). The van der Waals surface area contributed by atoms with Crippen molar-refractivity contribution in [1.29, 1.82) is 0 Å². The van der Waals surface area contributed by atoms with Gasteiger partial charge in [-0.1, -0.05) is 45.6 Å². The van der Waals surface area contributed by atoms with Crippen molar-refractivity contribution in [3.05, 3.63) is 65.0 Å². The Balaban J connectivity index is 1.86. The number of phenolic OH excluding ortho intramolecular Hbond substituents is 1. The highest BCUT2D eigenvalue weighted by Gasteiger charge is 2.30. The second-order valence-corrected chi connectivity index (χ2v) is 10.4. The zero-order chi connectivity index (χ0) is 30.0. The molecule has 2 atom stereocenters. The van der Waals surface area contributed by atoms with Crippen molar-refractivity contribution in [3.8, 4) is 5.75 Å². The quantitative estimate of drug-likeness (QED) is 0.137. The molecule has 0 aromatic heterocycles. The van der Waals surface area contributed by atoms with Crippen molar-refractivity contribution >= 4 is 17.7 Å². The maximum atomic E-state index is 14.3. The predicted molar refractivity (Wildman–Crippen MR) is 152 cm³/mol. The van der Waals surface area contributed by atoms with Gasteiger partial charge in [0, 0.05) is 24.1 Å². The molecule has 7 nitrogen and oxygen atoms in total. The van der Waals surface area contributed by atoms with Gasteiger partial charge >= 0.3 is 6.18 Å². The van der Waals surface area contributed by atoms with Gasteiger partial charge in [-0.25, -0.2) is 14.4 Å². The van der Waals surface area contributed by atoms with Crippen LogP contribution in [0, 0.1) is 5.82 Å². The van der Waals surface area contributed by atoms with E-state index in [9.17, 15) is 27.5 Å². The first-order chi connectivity index (χ1) is 19.5. The number of nitrogens with zero attached hydrogens (tertiary/aromatic N) is 2. The molecule has 1 saturated carbocycles. The summed E-state index contributed by atoms with van der Waals surface area (Å²) in [6, 6.07) is 7.68. The van der Waals surface area contributed by atoms with E-state index in [2.05, 4.69) is 34.5 Å². The normalized spacial score (nSPS) is 16.5. The largest absolute Gasteiger partial charge is 0.505 e. The molecule has 0 saturated heterocycles. The number of benzene rings is 2. The van der Waals surface area contributed by atoms with Crippen LogP contribution in [0.25, 0.3) is 0 Å². The zero-order valence-electron chi connectivity index (χ0n) is 23.5. The summed E-state index contributed by atoms with van der Waals surface area (Å²) in [5.41, 5.74) is 6.11. The number of hydrogen-bond donors (Lipinski definition) is 4. The van der Waals surface area contributed by atoms with Gasteiger partial charge < -0.3 is 16.2 Å². The maximum absolute atomic E-state index is 14.3. The molecule has 0 bridgehead atoms. The first kappa shape index (κ1) is 32.0. The molecular formula is C30H39F4N5O2. The Bertz CT molecular complexity index is 1210. The molecular weight excluding hydrogens is 538 g/mol. The Morgan fingerprint density at radius 3 is 2.39 bits per heavy atom. The highest BCUT2D eigenvalue weighted by Crippen LogP contribution is 2.29. The lowest BCUT2D eigenvalue weighted by Gasteiger charge is -2.26. The van der Waals surface area contributed by atoms with Crippen molar-refractivity contribution < 1.29 is 27.5 Å². The fourth-order valence-electron chi connectivity index (χ4n) is 4.82. The van der Waals surface area contributed by atoms with Gasteiger partial charge in [0.1, 0.15) is 5.84 Å². The number of nitrogens with one attached hydrogen (secondary N) is 2. The Morgan fingerprint density at radius 1 is 1.12 bits per heavy atom. The minimum Gasteiger partial charge on any atom is -0.505 e. The maximum Gasteiger partial charge on any atom is 0.416 e. The van der Waals surface area contributed by atoms with Crippen molar-refractivity contribution in [1.82, 2.24) is 10.6 Å². The van der Waals surface area contributed by atoms with Gasteiger partial charge in [0.15, 0.2) is 11.6 Å². The Labute approximate surface area is 238 Å². The standard InChI is InChI=1S/C30H39F4N5O2/c1-3-5-8-22(4-2)36-25(20-13-16-26(40)24(31)17-20)18-27(35)38-29(37-23-9-6-7-10-23)39-28(41)19-11-14-21(15-12-19)30(32,33)34/h11-17,22-23,25,36,40H,3-10,18H2,1-2H3,(H3,35,37,38,39,41). The smallest absolute Gasteiger partial charge is 0.416 e. The van der Waals surface area contributed by atoms with Crippen LogP contribution in [0.1, 0.15) is 99.2 Å². The van der Waals surface area contributed by atoms with Crippen LogP contribution >= 0.6 is 0 Å². The number of aromatic hydroxyl groups is 1. The number of aliphatic imine (C=N–C) groups is 2. The number of halogens is 4. The van der Waals surface area contributed by atoms with Gasteiger partial charge in [-0.15, -0.1) is 0 Å². The Hall–Kier alpha value is -3.47. The van der Waals surface area contributed by atoms with Crippen LogP contribution < -0.4 is 16.4 Å². The molecule has 1 aliphatic rings. The van der Waals surface area contributed by atoms with Crippen molar-refractivity contribution in [2.24, 2.45) is 15.7 Å². The molecule has 1 aliphatic carbocycles. The molecule has 1 fully saturated rings. The number of amides is 1. The van der Waals surface area contributed by atoms with Crippen LogP contribution in [0.3, 0.4) is 0 Å². The van der Waals surface area contributed by atoms with Crippen LogP contribution in [0.4, 0.5) is 17.6 Å². The summed E-state index contributed by atoms with van der Waals surface area (Å²) in [5, 5.41) is 15.8. The van der Waals surface area contributed by atoms with Gasteiger partial charge in [-0.05, 0) is 67.6 Å². The fraction of sp³-hybridized carbons (Fsp3) is 0.500. The summed E-state index contributed by atoms with van der Waals surface area (Å²) < 4.78 is 53.1. The Kier molecular flexibility index (Phi) is 11.7. The fourth-order valence-corrected chi connectivity index (χ4v) is 4.82. The number of alkyl halides is 3. The lowest BCUT2D eigenvalue weighted by molar-refractivity contribution is -0.137. The SMILES string of the molecule is CCCCC(CC)NC(CC(N)=NC(=NC1CCCC1)NC(=O)c1ccc(C(F)(F)F)cc1)c1ccc(O)c(F)c1. The number of guanidine groups is 1. The van der Waals surface area contributed by atoms with E-state index >= 15 is 0 Å². The molecule has 2 aromatic carbocycles. The summed E-state index contributed by atoms with van der Waals surface area (Å²) in [6.07, 6.45) is 3.06. The molecule has 0 aliphatic heterocycles. The molecule has 41 heavy (non-hydrogen) atoms. The first-order valence-electron chi connectivity index (χ1n) is 14.1. The average Bonchev–Trinajstić information content (AvgIpc) is 3.44. The molecule has 5 N–H and O–H groups in total. The number of carbonyl (C=O) groups is 1. The van der Waals surface area contributed by atoms with Gasteiger partial charge in [0.2, 0.25) is 5.96 Å². The second kappa shape index (κ2) is 15.0. The van der Waals surface area contributed by atoms with Crippen molar-refractivity contribution in [3.63, 3.8) is 0 Å². The van der Waals surface area contributed by atoms with E-state index in [4.69, 9.17) is 5.73 Å². The van der Waals surface area contributed by atoms with Gasteiger partial charge in [-0.2, -0.15) is 13.2 Å². The molecule has 2 aromatic rings. The van der Waals surface area contributed by atoms with Crippen LogP contribution in [0.15, 0.2) is 52.4 Å². The predicted octanol–water partition coefficient (Wildman–Crippen LogP) is 6.63. The van der Waals surface area contributed by atoms with E-state index in [1.807, 2.05) is 0 Å². The molecule has 0 spiro atoms. The number of phenols is 1. The second-order valence-electron chi connectivity index (χ2n) is 10.4. The number of nitrogens with two attached hydrogens (primary N) is 1. The minimum absolute atomic E-state index is 0.0201. The highest BCUT2D eigenvalue weighted by atomic mass is 19.4. The van der Waals surface area contributed by atoms with Crippen molar-refractivity contribution in [2.75, 3.05) is 0 Å². The third-order valence-electron chi connectivity index (χ3n) is 7.20. The number of rotatable bonds is 11. The third kappa shape index (κ3) is 9.84. The first-order valence-corrected chi connectivity index (χ1v) is 14.1. The number of unbranched alkanes of at least 4 members (excludes halogenated alkanes) is 1. The summed E-state index contributed by atoms with van der Waals surface area (Å²) in [4.78, 5) is 21.9. The van der Waals surface area contributed by atoms with Crippen LogP contribution in [-0.4, -0.2) is 34.9 Å². The van der Waals surface area contributed by atoms with Gasteiger partial charge in [0.05, 0.1) is 11.6 Å². The van der Waals surface area contributed by atoms with E-state index in [-0.39, 0.29) is 35.9 Å². The average molecular weight is 578 g/mol. The summed E-state index contributed by atoms with van der Waals surface area (Å²) >= 11 is 0. The molecule has 224 valence electrons. The zero-order valence-corrected chi connectivity index (χ0v) is 23.5. The number of carbonyl (C=O) groups excluding carboxylic acids is 1. The van der Waals surface area contributed by atoms with Crippen LogP contribution in [-0.2, 0) is 6.18 Å². The summed E-state index contributed by atoms with van der Waals surface area (Å²) in [6.45, 7) is 4.16. The summed E-state index contributed by atoms with van der Waals surface area (Å²) in [7, 11) is 0. The molecule has 0 radical (unpaired) electrons. The van der Waals surface area contributed by atoms with Gasteiger partial charge in [0.25, 0.3) is 5.91 Å². The van der Waals surface area contributed by atoms with E-state index in [1.165, 1.54) is 12.1 Å². The van der Waals surface area contributed by atoms with E-state index in [0.29, 0.717) is 5.56 Å². The topological polar surface area (TPSA) is 112 Å². The monoisotopic (exact) mass is 577 g/mol. The summed E-state index contributed by atoms with van der Waals surface area (Å²) in [5.74, 6) is -1.76. The molecule has 11 heteroatoms. The molecule has 0 heterocycles. The molecule has 2 unspecified atom stereocenters. The van der Waals surface area contributed by atoms with Crippen LogP contribution in [0.2, 0.25) is 0 Å². The highest BCUT2D eigenvalue weighted by molar-refractivity contribution is 6.08. The number of hydrogen-bond acceptors (Lipinski definition) is 4. The van der Waals surface area contributed by atoms with Gasteiger partial charge in [-0.3, -0.25) is 10.1 Å². The van der Waals surface area contributed by atoms with E-state index < -0.39 is 35.3 Å². The molecule has 1 amide bonds. The third-order valence-corrected chi connectivity index (χ3v) is 7.20. The number of amidine groups is 1. The van der Waals surface area contributed by atoms with Crippen LogP contribution in [0.5, 0.6) is 5.75 Å². The Morgan fingerprint density at radius 2 is 1.80 bits per heavy atom.